The maximum Gasteiger partial charge on any atom is 0.338 e. The van der Waals surface area contributed by atoms with E-state index in [-0.39, 0.29) is 11.9 Å². The van der Waals surface area contributed by atoms with Gasteiger partial charge >= 0.3 is 5.97 Å². The van der Waals surface area contributed by atoms with Crippen LogP contribution in [-0.4, -0.2) is 17.8 Å². The van der Waals surface area contributed by atoms with Crippen molar-refractivity contribution in [3.63, 3.8) is 0 Å². The highest BCUT2D eigenvalue weighted by Crippen LogP contribution is 2.33. The third kappa shape index (κ3) is 3.60. The lowest BCUT2D eigenvalue weighted by atomic mass is 9.82. The normalized spacial score (nSPS) is 16.0. The number of halogens is 1. The molecule has 0 spiro atoms. The van der Waals surface area contributed by atoms with Gasteiger partial charge in [0.1, 0.15) is 0 Å². The molecule has 0 aromatic heterocycles. The minimum absolute atomic E-state index is 0.146. The number of hydrogen-bond acceptors (Lipinski definition) is 3. The summed E-state index contributed by atoms with van der Waals surface area (Å²) in [6.07, 6.45) is 2.88. The first-order chi connectivity index (χ1) is 13.1. The molecule has 0 heterocycles. The van der Waals surface area contributed by atoms with Crippen molar-refractivity contribution < 1.29 is 14.3 Å². The average Bonchev–Trinajstić information content (AvgIpc) is 2.71. The van der Waals surface area contributed by atoms with Crippen LogP contribution < -0.4 is 0 Å². The van der Waals surface area contributed by atoms with E-state index in [4.69, 9.17) is 16.3 Å². The van der Waals surface area contributed by atoms with Crippen molar-refractivity contribution in [3.8, 4) is 0 Å². The van der Waals surface area contributed by atoms with Gasteiger partial charge in [-0.3, -0.25) is 4.79 Å². The Morgan fingerprint density at radius 2 is 1.85 bits per heavy atom. The summed E-state index contributed by atoms with van der Waals surface area (Å²) in [5, 5.41) is 1.48. The van der Waals surface area contributed by atoms with Crippen LogP contribution in [0.3, 0.4) is 0 Å². The van der Waals surface area contributed by atoms with Crippen molar-refractivity contribution in [2.45, 2.75) is 25.2 Å². The SMILES string of the molecule is O=C(Cl)c1ccc2c(c1)CCC[C@@H]2COC(=O)c1cccc2ccccc12. The first kappa shape index (κ1) is 17.7. The Hall–Kier alpha value is -2.65. The van der Waals surface area contributed by atoms with Crippen molar-refractivity contribution in [1.29, 1.82) is 0 Å². The Labute approximate surface area is 162 Å². The molecule has 0 fully saturated rings. The largest absolute Gasteiger partial charge is 0.461 e. The van der Waals surface area contributed by atoms with Gasteiger partial charge in [-0.25, -0.2) is 4.79 Å². The Bertz CT molecular complexity index is 1020. The molecule has 3 nitrogen and oxygen atoms in total. The lowest BCUT2D eigenvalue weighted by Gasteiger charge is -2.25. The maximum atomic E-state index is 12.7. The number of carbonyl (C=O) groups is 2. The van der Waals surface area contributed by atoms with Crippen LogP contribution >= 0.6 is 11.6 Å². The van der Waals surface area contributed by atoms with Gasteiger partial charge < -0.3 is 4.74 Å². The highest BCUT2D eigenvalue weighted by atomic mass is 35.5. The van der Waals surface area contributed by atoms with Crippen molar-refractivity contribution in [3.05, 3.63) is 82.9 Å². The van der Waals surface area contributed by atoms with E-state index in [0.29, 0.717) is 17.7 Å². The summed E-state index contributed by atoms with van der Waals surface area (Å²) >= 11 is 5.59. The second-order valence-corrected chi connectivity index (χ2v) is 7.24. The predicted molar refractivity (Wildman–Crippen MR) is 107 cm³/mol. The van der Waals surface area contributed by atoms with Crippen molar-refractivity contribution >= 4 is 33.6 Å². The number of ether oxygens (including phenoxy) is 1. The molecule has 0 unspecified atom stereocenters. The molecule has 0 bridgehead atoms. The number of benzene rings is 3. The van der Waals surface area contributed by atoms with Crippen molar-refractivity contribution in [1.82, 2.24) is 0 Å². The summed E-state index contributed by atoms with van der Waals surface area (Å²) in [6, 6.07) is 19.0. The van der Waals surface area contributed by atoms with Gasteiger partial charge in [0.2, 0.25) is 0 Å². The Balaban J connectivity index is 1.53. The van der Waals surface area contributed by atoms with Gasteiger partial charge in [0.15, 0.2) is 0 Å². The Kier molecular flexibility index (Phi) is 4.95. The fourth-order valence-electron chi connectivity index (χ4n) is 3.87. The van der Waals surface area contributed by atoms with Gasteiger partial charge in [-0.15, -0.1) is 0 Å². The van der Waals surface area contributed by atoms with Crippen LogP contribution in [-0.2, 0) is 11.2 Å². The maximum absolute atomic E-state index is 12.7. The van der Waals surface area contributed by atoms with Crippen LogP contribution in [0.1, 0.15) is 50.6 Å². The molecule has 0 amide bonds. The van der Waals surface area contributed by atoms with Gasteiger partial charge in [-0.2, -0.15) is 0 Å². The summed E-state index contributed by atoms with van der Waals surface area (Å²) in [5.74, 6) is -0.154. The molecule has 136 valence electrons. The second-order valence-electron chi connectivity index (χ2n) is 6.90. The molecule has 0 saturated carbocycles. The summed E-state index contributed by atoms with van der Waals surface area (Å²) in [6.45, 7) is 0.337. The first-order valence-electron chi connectivity index (χ1n) is 9.11. The van der Waals surface area contributed by atoms with Crippen LogP contribution in [0.4, 0.5) is 0 Å². The monoisotopic (exact) mass is 378 g/mol. The highest BCUT2D eigenvalue weighted by Gasteiger charge is 2.23. The minimum Gasteiger partial charge on any atom is -0.461 e. The van der Waals surface area contributed by atoms with E-state index in [2.05, 4.69) is 0 Å². The number of rotatable bonds is 4. The zero-order valence-electron chi connectivity index (χ0n) is 14.8. The molecule has 4 rings (SSSR count). The molecule has 0 radical (unpaired) electrons. The van der Waals surface area contributed by atoms with E-state index in [1.807, 2.05) is 48.5 Å². The minimum atomic E-state index is -0.442. The Morgan fingerprint density at radius 1 is 1.04 bits per heavy atom. The van der Waals surface area contributed by atoms with E-state index < -0.39 is 5.24 Å². The molecule has 3 aromatic rings. The molecule has 0 N–H and O–H groups in total. The summed E-state index contributed by atoms with van der Waals surface area (Å²) in [7, 11) is 0. The zero-order valence-corrected chi connectivity index (χ0v) is 15.5. The quantitative estimate of drug-likeness (QED) is 0.445. The third-order valence-electron chi connectivity index (χ3n) is 5.23. The molecule has 0 aliphatic heterocycles. The summed E-state index contributed by atoms with van der Waals surface area (Å²) in [4.78, 5) is 24.1. The molecular weight excluding hydrogens is 360 g/mol. The van der Waals surface area contributed by atoms with E-state index >= 15 is 0 Å². The van der Waals surface area contributed by atoms with Gasteiger partial charge in [-0.1, -0.05) is 42.5 Å². The molecule has 0 saturated heterocycles. The van der Waals surface area contributed by atoms with Crippen LogP contribution in [0.15, 0.2) is 60.7 Å². The van der Waals surface area contributed by atoms with Crippen LogP contribution in [0.25, 0.3) is 10.8 Å². The number of fused-ring (bicyclic) bond motifs is 2. The van der Waals surface area contributed by atoms with Gasteiger partial charge in [-0.05, 0) is 71.0 Å². The molecule has 1 aliphatic rings. The standard InChI is InChI=1S/C23H19ClO3/c24-22(25)17-11-12-19-16(13-17)7-3-8-18(19)14-27-23(26)21-10-4-6-15-5-1-2-9-20(15)21/h1-2,4-6,9-13,18H,3,7-8,14H2/t18-/m1/s1. The lowest BCUT2D eigenvalue weighted by molar-refractivity contribution is 0.0474. The molecule has 27 heavy (non-hydrogen) atoms. The van der Waals surface area contributed by atoms with Gasteiger partial charge in [0.25, 0.3) is 5.24 Å². The van der Waals surface area contributed by atoms with Crippen LogP contribution in [0.2, 0.25) is 0 Å². The van der Waals surface area contributed by atoms with Crippen LogP contribution in [0.5, 0.6) is 0 Å². The van der Waals surface area contributed by atoms with E-state index in [1.165, 1.54) is 0 Å². The summed E-state index contributed by atoms with van der Waals surface area (Å²) < 4.78 is 5.68. The number of carbonyl (C=O) groups excluding carboxylic acids is 2. The van der Waals surface area contributed by atoms with Crippen molar-refractivity contribution in [2.24, 2.45) is 0 Å². The molecule has 1 aliphatic carbocycles. The third-order valence-corrected chi connectivity index (χ3v) is 5.45. The van der Waals surface area contributed by atoms with Crippen LogP contribution in [0, 0.1) is 0 Å². The smallest absolute Gasteiger partial charge is 0.338 e. The van der Waals surface area contributed by atoms with E-state index in [9.17, 15) is 9.59 Å². The topological polar surface area (TPSA) is 43.4 Å². The Morgan fingerprint density at radius 3 is 2.70 bits per heavy atom. The molecule has 3 aromatic carbocycles. The molecule has 4 heteroatoms. The number of esters is 1. The van der Waals surface area contributed by atoms with Gasteiger partial charge in [0, 0.05) is 11.5 Å². The van der Waals surface area contributed by atoms with E-state index in [1.54, 1.807) is 12.1 Å². The van der Waals surface area contributed by atoms with Gasteiger partial charge in [0.05, 0.1) is 12.2 Å². The fraction of sp³-hybridized carbons (Fsp3) is 0.217. The number of aryl methyl sites for hydroxylation is 1. The predicted octanol–water partition coefficient (Wildman–Crippen LogP) is 5.50. The first-order valence-corrected chi connectivity index (χ1v) is 9.49. The molecular formula is C23H19ClO3. The second kappa shape index (κ2) is 7.53. The lowest BCUT2D eigenvalue weighted by Crippen LogP contribution is -2.18. The van der Waals surface area contributed by atoms with E-state index in [0.717, 1.165) is 41.2 Å². The highest BCUT2D eigenvalue weighted by molar-refractivity contribution is 6.67. The van der Waals surface area contributed by atoms with Crippen molar-refractivity contribution in [2.75, 3.05) is 6.61 Å². The summed E-state index contributed by atoms with van der Waals surface area (Å²) in [5.41, 5.74) is 3.38. The molecule has 1 atom stereocenters. The zero-order chi connectivity index (χ0) is 18.8. The average molecular weight is 379 g/mol. The number of hydrogen-bond donors (Lipinski definition) is 0. The fourth-order valence-corrected chi connectivity index (χ4v) is 3.99.